The van der Waals surface area contributed by atoms with Crippen LogP contribution in [-0.4, -0.2) is 23.0 Å². The third-order valence-corrected chi connectivity index (χ3v) is 3.71. The Balaban J connectivity index is 1.63. The van der Waals surface area contributed by atoms with Crippen molar-refractivity contribution < 1.29 is 18.3 Å². The van der Waals surface area contributed by atoms with E-state index in [9.17, 15) is 13.6 Å². The molecule has 3 rings (SSSR count). The average Bonchev–Trinajstić information content (AvgIpc) is 2.69. The number of carbonyl (C=O) groups excluding carboxylic acids is 1. The van der Waals surface area contributed by atoms with E-state index in [2.05, 4.69) is 20.6 Å². The SMILES string of the molecule is COc1ccccc1CNC(=O)c1cnc(Nc2ccc(F)cc2F)cn1. The van der Waals surface area contributed by atoms with Gasteiger partial charge >= 0.3 is 0 Å². The van der Waals surface area contributed by atoms with Crippen LogP contribution in [-0.2, 0) is 6.54 Å². The number of halogens is 2. The lowest BCUT2D eigenvalue weighted by molar-refractivity contribution is 0.0945. The second kappa shape index (κ2) is 8.22. The number of anilines is 2. The Morgan fingerprint density at radius 1 is 1.11 bits per heavy atom. The highest BCUT2D eigenvalue weighted by Crippen LogP contribution is 2.19. The van der Waals surface area contributed by atoms with Crippen LogP contribution in [0.5, 0.6) is 5.75 Å². The van der Waals surface area contributed by atoms with E-state index in [1.165, 1.54) is 18.5 Å². The standard InChI is InChI=1S/C19H16F2N4O2/c1-27-17-5-3-2-4-12(17)9-24-19(26)16-10-23-18(11-22-16)25-15-7-6-13(20)8-14(15)21/h2-8,10-11H,9H2,1H3,(H,23,25)(H,24,26). The predicted molar refractivity (Wildman–Crippen MR) is 95.8 cm³/mol. The number of hydrogen-bond donors (Lipinski definition) is 2. The fourth-order valence-corrected chi connectivity index (χ4v) is 2.35. The molecule has 0 bridgehead atoms. The van der Waals surface area contributed by atoms with Crippen molar-refractivity contribution in [2.24, 2.45) is 0 Å². The monoisotopic (exact) mass is 370 g/mol. The van der Waals surface area contributed by atoms with Crippen molar-refractivity contribution in [1.82, 2.24) is 15.3 Å². The first-order valence-corrected chi connectivity index (χ1v) is 8.01. The molecule has 1 amide bonds. The number of aromatic nitrogens is 2. The van der Waals surface area contributed by atoms with E-state index in [0.29, 0.717) is 5.75 Å². The first kappa shape index (κ1) is 18.2. The fourth-order valence-electron chi connectivity index (χ4n) is 2.35. The van der Waals surface area contributed by atoms with Crippen LogP contribution < -0.4 is 15.4 Å². The van der Waals surface area contributed by atoms with E-state index >= 15 is 0 Å². The van der Waals surface area contributed by atoms with Crippen molar-refractivity contribution in [3.8, 4) is 5.75 Å². The summed E-state index contributed by atoms with van der Waals surface area (Å²) in [6.45, 7) is 0.269. The lowest BCUT2D eigenvalue weighted by Gasteiger charge is -2.10. The van der Waals surface area contributed by atoms with E-state index in [4.69, 9.17) is 4.74 Å². The van der Waals surface area contributed by atoms with Gasteiger partial charge in [0.05, 0.1) is 25.2 Å². The summed E-state index contributed by atoms with van der Waals surface area (Å²) in [6.07, 6.45) is 2.56. The molecule has 2 aromatic carbocycles. The van der Waals surface area contributed by atoms with Crippen molar-refractivity contribution in [2.75, 3.05) is 12.4 Å². The van der Waals surface area contributed by atoms with Gasteiger partial charge in [-0.1, -0.05) is 18.2 Å². The third-order valence-electron chi connectivity index (χ3n) is 3.71. The van der Waals surface area contributed by atoms with E-state index in [1.807, 2.05) is 18.2 Å². The zero-order valence-electron chi connectivity index (χ0n) is 14.4. The Hall–Kier alpha value is -3.55. The normalized spacial score (nSPS) is 10.3. The summed E-state index contributed by atoms with van der Waals surface area (Å²) in [5.74, 6) is -0.943. The highest BCUT2D eigenvalue weighted by atomic mass is 19.1. The molecule has 0 radical (unpaired) electrons. The largest absolute Gasteiger partial charge is 0.496 e. The molecule has 0 aliphatic heterocycles. The van der Waals surface area contributed by atoms with Crippen molar-refractivity contribution in [3.05, 3.63) is 77.8 Å². The molecule has 1 heterocycles. The lowest BCUT2D eigenvalue weighted by Crippen LogP contribution is -2.24. The molecule has 138 valence electrons. The van der Waals surface area contributed by atoms with Crippen LogP contribution in [0.2, 0.25) is 0 Å². The maximum atomic E-state index is 13.6. The van der Waals surface area contributed by atoms with E-state index in [0.717, 1.165) is 17.7 Å². The molecule has 0 atom stereocenters. The van der Waals surface area contributed by atoms with Crippen LogP contribution in [0, 0.1) is 11.6 Å². The van der Waals surface area contributed by atoms with Gasteiger partial charge in [0.25, 0.3) is 5.91 Å². The fraction of sp³-hybridized carbons (Fsp3) is 0.105. The molecule has 1 aromatic heterocycles. The first-order valence-electron chi connectivity index (χ1n) is 8.01. The number of rotatable bonds is 6. The van der Waals surface area contributed by atoms with Gasteiger partial charge in [-0.25, -0.2) is 18.7 Å². The van der Waals surface area contributed by atoms with Crippen LogP contribution in [0.15, 0.2) is 54.9 Å². The van der Waals surface area contributed by atoms with Crippen LogP contribution in [0.4, 0.5) is 20.3 Å². The number of para-hydroxylation sites is 1. The Kier molecular flexibility index (Phi) is 5.55. The second-order valence-electron chi connectivity index (χ2n) is 5.53. The van der Waals surface area contributed by atoms with E-state index in [-0.39, 0.29) is 23.7 Å². The van der Waals surface area contributed by atoms with E-state index < -0.39 is 17.5 Å². The van der Waals surface area contributed by atoms with Crippen molar-refractivity contribution >= 4 is 17.4 Å². The van der Waals surface area contributed by atoms with Crippen molar-refractivity contribution in [3.63, 3.8) is 0 Å². The Bertz CT molecular complexity index is 949. The summed E-state index contributed by atoms with van der Waals surface area (Å²) in [7, 11) is 1.56. The van der Waals surface area contributed by atoms with Gasteiger partial charge in [0.1, 0.15) is 28.9 Å². The summed E-state index contributed by atoms with van der Waals surface area (Å²) in [6, 6.07) is 10.5. The molecule has 8 heteroatoms. The van der Waals surface area contributed by atoms with Crippen LogP contribution >= 0.6 is 0 Å². The van der Waals surface area contributed by atoms with Crippen molar-refractivity contribution in [2.45, 2.75) is 6.54 Å². The molecule has 0 aliphatic carbocycles. The minimum atomic E-state index is -0.754. The number of benzene rings is 2. The Morgan fingerprint density at radius 2 is 1.93 bits per heavy atom. The molecule has 0 fully saturated rings. The maximum absolute atomic E-state index is 13.6. The highest BCUT2D eigenvalue weighted by Gasteiger charge is 2.10. The minimum Gasteiger partial charge on any atom is -0.496 e. The molecule has 2 N–H and O–H groups in total. The number of methoxy groups -OCH3 is 1. The van der Waals surface area contributed by atoms with Gasteiger partial charge in [0.15, 0.2) is 0 Å². The molecule has 0 spiro atoms. The molecule has 0 aliphatic rings. The van der Waals surface area contributed by atoms with Crippen LogP contribution in [0.3, 0.4) is 0 Å². The van der Waals surface area contributed by atoms with Gasteiger partial charge < -0.3 is 15.4 Å². The number of nitrogens with one attached hydrogen (secondary N) is 2. The molecule has 3 aromatic rings. The summed E-state index contributed by atoms with van der Waals surface area (Å²) in [5.41, 5.74) is 0.987. The number of amides is 1. The predicted octanol–water partition coefficient (Wildman–Crippen LogP) is 3.44. The molecule has 27 heavy (non-hydrogen) atoms. The lowest BCUT2D eigenvalue weighted by atomic mass is 10.2. The van der Waals surface area contributed by atoms with Crippen LogP contribution in [0.25, 0.3) is 0 Å². The van der Waals surface area contributed by atoms with Crippen LogP contribution in [0.1, 0.15) is 16.1 Å². The van der Waals surface area contributed by atoms with Gasteiger partial charge in [-0.05, 0) is 18.2 Å². The summed E-state index contributed by atoms with van der Waals surface area (Å²) >= 11 is 0. The highest BCUT2D eigenvalue weighted by molar-refractivity contribution is 5.92. The van der Waals surface area contributed by atoms with Gasteiger partial charge in [-0.3, -0.25) is 4.79 Å². The maximum Gasteiger partial charge on any atom is 0.271 e. The molecule has 0 unspecified atom stereocenters. The topological polar surface area (TPSA) is 76.1 Å². The number of ether oxygens (including phenoxy) is 1. The van der Waals surface area contributed by atoms with Crippen molar-refractivity contribution in [1.29, 1.82) is 0 Å². The van der Waals surface area contributed by atoms with Gasteiger partial charge in [0.2, 0.25) is 0 Å². The number of nitrogens with zero attached hydrogens (tertiary/aromatic N) is 2. The van der Waals surface area contributed by atoms with Gasteiger partial charge in [-0.2, -0.15) is 0 Å². The number of carbonyl (C=O) groups is 1. The average molecular weight is 370 g/mol. The Morgan fingerprint density at radius 3 is 2.63 bits per heavy atom. The van der Waals surface area contributed by atoms with E-state index in [1.54, 1.807) is 13.2 Å². The van der Waals surface area contributed by atoms with Gasteiger partial charge in [0, 0.05) is 18.2 Å². The zero-order valence-corrected chi connectivity index (χ0v) is 14.4. The quantitative estimate of drug-likeness (QED) is 0.695. The summed E-state index contributed by atoms with van der Waals surface area (Å²) in [5, 5.41) is 5.41. The molecule has 0 saturated carbocycles. The Labute approximate surface area is 154 Å². The minimum absolute atomic E-state index is 0.0547. The summed E-state index contributed by atoms with van der Waals surface area (Å²) < 4.78 is 31.8. The van der Waals surface area contributed by atoms with Gasteiger partial charge in [-0.15, -0.1) is 0 Å². The smallest absolute Gasteiger partial charge is 0.271 e. The zero-order chi connectivity index (χ0) is 19.2. The summed E-state index contributed by atoms with van der Waals surface area (Å²) in [4.78, 5) is 20.2. The second-order valence-corrected chi connectivity index (χ2v) is 5.53. The first-order chi connectivity index (χ1) is 13.1. The molecular formula is C19H16F2N4O2. The molecule has 6 nitrogen and oxygen atoms in total. The third kappa shape index (κ3) is 4.55. The molecular weight excluding hydrogens is 354 g/mol. The number of hydrogen-bond acceptors (Lipinski definition) is 5. The molecule has 0 saturated heterocycles.